The van der Waals surface area contributed by atoms with Gasteiger partial charge in [-0.3, -0.25) is 4.79 Å². The first kappa shape index (κ1) is 26.6. The van der Waals surface area contributed by atoms with Crippen LogP contribution in [0.1, 0.15) is 96.8 Å². The number of carbonyl (C=O) groups is 1. The molecule has 0 spiro atoms. The highest BCUT2D eigenvalue weighted by Gasteiger charge is 2.21. The molecule has 0 aliphatic rings. The third kappa shape index (κ3) is 20.2. The Morgan fingerprint density at radius 2 is 1.26 bits per heavy atom. The van der Waals surface area contributed by atoms with Crippen molar-refractivity contribution in [3.05, 3.63) is 0 Å². The Kier molecular flexibility index (Phi) is 17.4. The number of aliphatic hydroxyl groups is 1. The van der Waals surface area contributed by atoms with E-state index in [1.165, 1.54) is 70.6 Å². The predicted octanol–water partition coefficient (Wildman–Crippen LogP) is 6.22. The van der Waals surface area contributed by atoms with Crippen molar-refractivity contribution in [2.24, 2.45) is 0 Å². The van der Waals surface area contributed by atoms with Crippen LogP contribution in [-0.2, 0) is 14.0 Å². The van der Waals surface area contributed by atoms with E-state index in [0.717, 1.165) is 12.8 Å². The summed E-state index contributed by atoms with van der Waals surface area (Å²) in [6.45, 7) is 8.51. The SMILES string of the molecule is CCCCCCCCCCCCCCCC(=O)OCC(CO)O[Si](C)(C)C. The maximum atomic E-state index is 11.8. The molecule has 0 saturated carbocycles. The molecule has 162 valence electrons. The monoisotopic (exact) mass is 402 g/mol. The first-order chi connectivity index (χ1) is 12.9. The quantitative estimate of drug-likeness (QED) is 0.158. The van der Waals surface area contributed by atoms with Crippen LogP contribution in [0.3, 0.4) is 0 Å². The van der Waals surface area contributed by atoms with E-state index in [2.05, 4.69) is 26.6 Å². The molecule has 4 nitrogen and oxygen atoms in total. The highest BCUT2D eigenvalue weighted by Crippen LogP contribution is 2.13. The molecular formula is C22H46O4Si. The molecular weight excluding hydrogens is 356 g/mol. The van der Waals surface area contributed by atoms with Crippen LogP contribution < -0.4 is 0 Å². The number of rotatable bonds is 19. The van der Waals surface area contributed by atoms with Crippen LogP contribution in [0.4, 0.5) is 0 Å². The third-order valence-corrected chi connectivity index (χ3v) is 5.68. The zero-order valence-electron chi connectivity index (χ0n) is 18.6. The van der Waals surface area contributed by atoms with E-state index in [9.17, 15) is 9.90 Å². The number of esters is 1. The number of carbonyl (C=O) groups excluding carboxylic acids is 1. The van der Waals surface area contributed by atoms with Crippen molar-refractivity contribution in [1.29, 1.82) is 0 Å². The van der Waals surface area contributed by atoms with Gasteiger partial charge in [0.05, 0.1) is 6.61 Å². The topological polar surface area (TPSA) is 55.8 Å². The van der Waals surface area contributed by atoms with Gasteiger partial charge in [0.25, 0.3) is 0 Å². The van der Waals surface area contributed by atoms with Crippen molar-refractivity contribution >= 4 is 14.3 Å². The van der Waals surface area contributed by atoms with E-state index in [0.29, 0.717) is 6.42 Å². The van der Waals surface area contributed by atoms with Crippen molar-refractivity contribution in [1.82, 2.24) is 0 Å². The van der Waals surface area contributed by atoms with Gasteiger partial charge in [-0.25, -0.2) is 0 Å². The van der Waals surface area contributed by atoms with Gasteiger partial charge < -0.3 is 14.3 Å². The Bertz CT molecular complexity index is 342. The summed E-state index contributed by atoms with van der Waals surface area (Å²) in [5, 5.41) is 9.31. The molecule has 0 rings (SSSR count). The first-order valence-corrected chi connectivity index (χ1v) is 14.7. The maximum absolute atomic E-state index is 11.8. The van der Waals surface area contributed by atoms with Gasteiger partial charge in [-0.05, 0) is 26.1 Å². The normalized spacial score (nSPS) is 12.9. The van der Waals surface area contributed by atoms with Crippen molar-refractivity contribution in [3.8, 4) is 0 Å². The van der Waals surface area contributed by atoms with Gasteiger partial charge in [-0.2, -0.15) is 0 Å². The number of ether oxygens (including phenoxy) is 1. The van der Waals surface area contributed by atoms with Gasteiger partial charge in [0.1, 0.15) is 12.7 Å². The Morgan fingerprint density at radius 3 is 1.67 bits per heavy atom. The molecule has 0 heterocycles. The van der Waals surface area contributed by atoms with Crippen molar-refractivity contribution in [3.63, 3.8) is 0 Å². The molecule has 0 aromatic rings. The molecule has 5 heteroatoms. The summed E-state index contributed by atoms with van der Waals surface area (Å²) in [5.41, 5.74) is 0. The first-order valence-electron chi connectivity index (χ1n) is 11.3. The molecule has 0 amide bonds. The van der Waals surface area contributed by atoms with Crippen molar-refractivity contribution in [2.45, 2.75) is 123 Å². The van der Waals surface area contributed by atoms with Crippen LogP contribution >= 0.6 is 0 Å². The fourth-order valence-corrected chi connectivity index (χ4v) is 4.31. The van der Waals surface area contributed by atoms with E-state index in [-0.39, 0.29) is 25.3 Å². The van der Waals surface area contributed by atoms with E-state index >= 15 is 0 Å². The average Bonchev–Trinajstić information content (AvgIpc) is 2.61. The molecule has 0 aromatic carbocycles. The molecule has 0 saturated heterocycles. The van der Waals surface area contributed by atoms with Crippen LogP contribution in [0.25, 0.3) is 0 Å². The molecule has 1 atom stereocenters. The zero-order valence-corrected chi connectivity index (χ0v) is 19.6. The smallest absolute Gasteiger partial charge is 0.305 e. The summed E-state index contributed by atoms with van der Waals surface area (Å²) in [4.78, 5) is 11.8. The average molecular weight is 403 g/mol. The lowest BCUT2D eigenvalue weighted by Crippen LogP contribution is -2.37. The second-order valence-corrected chi connectivity index (χ2v) is 13.2. The summed E-state index contributed by atoms with van der Waals surface area (Å²) in [7, 11) is -1.73. The molecule has 0 bridgehead atoms. The molecule has 27 heavy (non-hydrogen) atoms. The van der Waals surface area contributed by atoms with Gasteiger partial charge in [-0.1, -0.05) is 84.0 Å². The molecule has 0 aliphatic heterocycles. The van der Waals surface area contributed by atoms with Crippen LogP contribution in [0.5, 0.6) is 0 Å². The van der Waals surface area contributed by atoms with Crippen molar-refractivity contribution in [2.75, 3.05) is 13.2 Å². The number of hydrogen-bond acceptors (Lipinski definition) is 4. The highest BCUT2D eigenvalue weighted by molar-refractivity contribution is 6.69. The van der Waals surface area contributed by atoms with Crippen LogP contribution in [0.15, 0.2) is 0 Å². The van der Waals surface area contributed by atoms with Crippen molar-refractivity contribution < 1.29 is 19.1 Å². The Morgan fingerprint density at radius 1 is 0.815 bits per heavy atom. The minimum atomic E-state index is -1.73. The number of unbranched alkanes of at least 4 members (excludes halogenated alkanes) is 12. The molecule has 0 radical (unpaired) electrons. The van der Waals surface area contributed by atoms with Gasteiger partial charge in [0, 0.05) is 6.42 Å². The van der Waals surface area contributed by atoms with E-state index in [4.69, 9.17) is 9.16 Å². The number of hydrogen-bond donors (Lipinski definition) is 1. The minimum Gasteiger partial charge on any atom is -0.463 e. The van der Waals surface area contributed by atoms with Crippen LogP contribution in [0.2, 0.25) is 19.6 Å². The largest absolute Gasteiger partial charge is 0.463 e. The standard InChI is InChI=1S/C22H46O4Si/c1-5-6-7-8-9-10-11-12-13-14-15-16-17-18-22(24)25-20-21(19-23)26-27(2,3)4/h21,23H,5-20H2,1-4H3. The summed E-state index contributed by atoms with van der Waals surface area (Å²) in [5.74, 6) is -0.171. The molecule has 1 unspecified atom stereocenters. The van der Waals surface area contributed by atoms with E-state index < -0.39 is 8.32 Å². The lowest BCUT2D eigenvalue weighted by Gasteiger charge is -2.24. The van der Waals surface area contributed by atoms with Gasteiger partial charge in [0.15, 0.2) is 8.32 Å². The second-order valence-electron chi connectivity index (χ2n) is 8.71. The zero-order chi connectivity index (χ0) is 20.4. The lowest BCUT2D eigenvalue weighted by molar-refractivity contribution is -0.147. The number of aliphatic hydroxyl groups excluding tert-OH is 1. The summed E-state index contributed by atoms with van der Waals surface area (Å²) in [6, 6.07) is 0. The molecule has 0 fully saturated rings. The fourth-order valence-electron chi connectivity index (χ4n) is 3.17. The van der Waals surface area contributed by atoms with E-state index in [1.807, 2.05) is 0 Å². The van der Waals surface area contributed by atoms with Gasteiger partial charge >= 0.3 is 5.97 Å². The summed E-state index contributed by atoms with van der Waals surface area (Å²) < 4.78 is 11.0. The Labute approximate surface area is 169 Å². The third-order valence-electron chi connectivity index (χ3n) is 4.64. The fraction of sp³-hybridized carbons (Fsp3) is 0.955. The molecule has 0 aromatic heterocycles. The minimum absolute atomic E-state index is 0.101. The van der Waals surface area contributed by atoms with Gasteiger partial charge in [-0.15, -0.1) is 0 Å². The van der Waals surface area contributed by atoms with E-state index in [1.54, 1.807) is 0 Å². The highest BCUT2D eigenvalue weighted by atomic mass is 28.4. The van der Waals surface area contributed by atoms with Gasteiger partial charge in [0.2, 0.25) is 0 Å². The summed E-state index contributed by atoms with van der Waals surface area (Å²) in [6.07, 6.45) is 17.0. The Hall–Kier alpha value is -0.393. The lowest BCUT2D eigenvalue weighted by atomic mass is 10.0. The molecule has 1 N–H and O–H groups in total. The predicted molar refractivity (Wildman–Crippen MR) is 117 cm³/mol. The van der Waals surface area contributed by atoms with Crippen LogP contribution in [0, 0.1) is 0 Å². The second kappa shape index (κ2) is 17.7. The summed E-state index contributed by atoms with van der Waals surface area (Å²) >= 11 is 0. The molecule has 0 aliphatic carbocycles. The maximum Gasteiger partial charge on any atom is 0.305 e. The Balaban J connectivity index is 3.41. The van der Waals surface area contributed by atoms with Crippen LogP contribution in [-0.4, -0.2) is 38.7 Å².